The van der Waals surface area contributed by atoms with E-state index in [1.54, 1.807) is 18.2 Å². The highest BCUT2D eigenvalue weighted by molar-refractivity contribution is 5.76. The van der Waals surface area contributed by atoms with Gasteiger partial charge in [-0.15, -0.1) is 0 Å². The average molecular weight is 345 g/mol. The summed E-state index contributed by atoms with van der Waals surface area (Å²) in [6.07, 6.45) is 5.26. The maximum Gasteiger partial charge on any atom is 0.227 e. The molecule has 0 spiro atoms. The van der Waals surface area contributed by atoms with E-state index in [1.807, 2.05) is 4.90 Å². The van der Waals surface area contributed by atoms with Gasteiger partial charge < -0.3 is 9.42 Å². The summed E-state index contributed by atoms with van der Waals surface area (Å²) in [6.45, 7) is 3.67. The number of carbonyl (C=O) groups excluding carboxylic acids is 1. The Morgan fingerprint density at radius 3 is 3.04 bits per heavy atom. The highest BCUT2D eigenvalue weighted by Gasteiger charge is 2.25. The van der Waals surface area contributed by atoms with E-state index in [0.717, 1.165) is 38.8 Å². The third-order valence-corrected chi connectivity index (χ3v) is 4.66. The lowest BCUT2D eigenvalue weighted by Gasteiger charge is -2.32. The van der Waals surface area contributed by atoms with Crippen LogP contribution in [0, 0.1) is 11.7 Å². The largest absolute Gasteiger partial charge is 0.342 e. The second-order valence-corrected chi connectivity index (χ2v) is 6.65. The van der Waals surface area contributed by atoms with Crippen LogP contribution in [0.2, 0.25) is 0 Å². The predicted octanol–water partition coefficient (Wildman–Crippen LogP) is 3.85. The molecular formula is C19H24FN3O2. The molecule has 3 rings (SSSR count). The highest BCUT2D eigenvalue weighted by Crippen LogP contribution is 2.24. The molecule has 25 heavy (non-hydrogen) atoms. The Labute approximate surface area is 147 Å². The van der Waals surface area contributed by atoms with E-state index in [-0.39, 0.29) is 17.5 Å². The summed E-state index contributed by atoms with van der Waals surface area (Å²) >= 11 is 0. The molecule has 1 fully saturated rings. The van der Waals surface area contributed by atoms with E-state index in [1.165, 1.54) is 6.07 Å². The lowest BCUT2D eigenvalue weighted by Crippen LogP contribution is -2.40. The molecule has 0 saturated carbocycles. The number of hydrogen-bond donors (Lipinski definition) is 0. The minimum absolute atomic E-state index is 0.240. The Bertz CT molecular complexity index is 716. The highest BCUT2D eigenvalue weighted by atomic mass is 19.1. The molecule has 6 heteroatoms. The zero-order valence-corrected chi connectivity index (χ0v) is 14.6. The summed E-state index contributed by atoms with van der Waals surface area (Å²) < 4.78 is 19.1. The number of likely N-dealkylation sites (tertiary alicyclic amines) is 1. The van der Waals surface area contributed by atoms with E-state index >= 15 is 0 Å². The van der Waals surface area contributed by atoms with Gasteiger partial charge in [0, 0.05) is 25.9 Å². The topological polar surface area (TPSA) is 59.2 Å². The van der Waals surface area contributed by atoms with Crippen LogP contribution >= 0.6 is 0 Å². The van der Waals surface area contributed by atoms with Gasteiger partial charge in [0.1, 0.15) is 5.82 Å². The second kappa shape index (κ2) is 8.23. The SMILES string of the molecule is CCCCC(=O)N1CCCC(Cc2nc(-c3ccccc3F)no2)C1. The summed E-state index contributed by atoms with van der Waals surface area (Å²) in [7, 11) is 0. The maximum atomic E-state index is 13.8. The van der Waals surface area contributed by atoms with Crippen LogP contribution in [-0.4, -0.2) is 34.0 Å². The zero-order chi connectivity index (χ0) is 17.6. The van der Waals surface area contributed by atoms with Crippen molar-refractivity contribution in [3.63, 3.8) is 0 Å². The van der Waals surface area contributed by atoms with Gasteiger partial charge in [0.2, 0.25) is 17.6 Å². The number of nitrogens with zero attached hydrogens (tertiary/aromatic N) is 3. The Morgan fingerprint density at radius 1 is 1.40 bits per heavy atom. The molecule has 0 radical (unpaired) electrons. The molecule has 1 amide bonds. The van der Waals surface area contributed by atoms with Crippen molar-refractivity contribution >= 4 is 5.91 Å². The smallest absolute Gasteiger partial charge is 0.227 e. The first kappa shape index (κ1) is 17.6. The molecule has 1 atom stereocenters. The Kier molecular flexibility index (Phi) is 5.79. The normalized spacial score (nSPS) is 17.7. The molecule has 1 aliphatic rings. The molecule has 1 saturated heterocycles. The van der Waals surface area contributed by atoms with Gasteiger partial charge in [-0.2, -0.15) is 4.98 Å². The molecule has 1 aliphatic heterocycles. The van der Waals surface area contributed by atoms with Crippen LogP contribution in [0.1, 0.15) is 44.9 Å². The number of piperidine rings is 1. The van der Waals surface area contributed by atoms with Gasteiger partial charge in [-0.3, -0.25) is 4.79 Å². The molecule has 1 aromatic heterocycles. The maximum absolute atomic E-state index is 13.8. The lowest BCUT2D eigenvalue weighted by molar-refractivity contribution is -0.133. The van der Waals surface area contributed by atoms with Crippen LogP contribution in [0.4, 0.5) is 4.39 Å². The fourth-order valence-corrected chi connectivity index (χ4v) is 3.28. The van der Waals surface area contributed by atoms with Crippen molar-refractivity contribution in [2.24, 2.45) is 5.92 Å². The minimum Gasteiger partial charge on any atom is -0.342 e. The standard InChI is InChI=1S/C19H24FN3O2/c1-2-3-10-18(24)23-11-6-7-14(13-23)12-17-21-19(22-25-17)15-8-4-5-9-16(15)20/h4-5,8-9,14H,2-3,6-7,10-13H2,1H3. The summed E-state index contributed by atoms with van der Waals surface area (Å²) in [4.78, 5) is 18.5. The van der Waals surface area contributed by atoms with E-state index in [0.29, 0.717) is 30.2 Å². The number of aromatic nitrogens is 2. The number of amides is 1. The predicted molar refractivity (Wildman–Crippen MR) is 92.2 cm³/mol. The van der Waals surface area contributed by atoms with Crippen LogP contribution in [0.3, 0.4) is 0 Å². The van der Waals surface area contributed by atoms with Crippen LogP contribution in [0.15, 0.2) is 28.8 Å². The summed E-state index contributed by atoms with van der Waals surface area (Å²) in [5.74, 6) is 0.975. The van der Waals surface area contributed by atoms with E-state index in [4.69, 9.17) is 4.52 Å². The molecule has 134 valence electrons. The van der Waals surface area contributed by atoms with Crippen molar-refractivity contribution in [2.75, 3.05) is 13.1 Å². The van der Waals surface area contributed by atoms with Gasteiger partial charge in [-0.1, -0.05) is 30.6 Å². The van der Waals surface area contributed by atoms with Crippen LogP contribution in [0.5, 0.6) is 0 Å². The third-order valence-electron chi connectivity index (χ3n) is 4.66. The monoisotopic (exact) mass is 345 g/mol. The van der Waals surface area contributed by atoms with Crippen LogP contribution in [-0.2, 0) is 11.2 Å². The number of hydrogen-bond acceptors (Lipinski definition) is 4. The first-order valence-electron chi connectivity index (χ1n) is 9.02. The van der Waals surface area contributed by atoms with Crippen molar-refractivity contribution in [3.05, 3.63) is 36.0 Å². The van der Waals surface area contributed by atoms with Gasteiger partial charge in [0.25, 0.3) is 0 Å². The number of rotatable bonds is 6. The van der Waals surface area contributed by atoms with Gasteiger partial charge >= 0.3 is 0 Å². The van der Waals surface area contributed by atoms with E-state index in [2.05, 4.69) is 17.1 Å². The van der Waals surface area contributed by atoms with Gasteiger partial charge in [-0.25, -0.2) is 4.39 Å². The van der Waals surface area contributed by atoms with Gasteiger partial charge in [-0.05, 0) is 37.3 Å². The van der Waals surface area contributed by atoms with Crippen LogP contribution < -0.4 is 0 Å². The van der Waals surface area contributed by atoms with Crippen molar-refractivity contribution < 1.29 is 13.7 Å². The van der Waals surface area contributed by atoms with Crippen LogP contribution in [0.25, 0.3) is 11.4 Å². The number of halogens is 1. The second-order valence-electron chi connectivity index (χ2n) is 6.65. The third kappa shape index (κ3) is 4.44. The average Bonchev–Trinajstić information content (AvgIpc) is 3.08. The first-order valence-corrected chi connectivity index (χ1v) is 9.02. The lowest BCUT2D eigenvalue weighted by atomic mass is 9.94. The summed E-state index contributed by atoms with van der Waals surface area (Å²) in [5, 5.41) is 3.90. The number of benzene rings is 1. The molecule has 0 N–H and O–H groups in total. The molecule has 1 unspecified atom stereocenters. The van der Waals surface area contributed by atoms with Crippen molar-refractivity contribution in [1.82, 2.24) is 15.0 Å². The molecule has 5 nitrogen and oxygen atoms in total. The van der Waals surface area contributed by atoms with Crippen molar-refractivity contribution in [1.29, 1.82) is 0 Å². The van der Waals surface area contributed by atoms with E-state index < -0.39 is 0 Å². The van der Waals surface area contributed by atoms with Gasteiger partial charge in [0.05, 0.1) is 5.56 Å². The fraction of sp³-hybridized carbons (Fsp3) is 0.526. The molecule has 1 aromatic carbocycles. The van der Waals surface area contributed by atoms with Crippen molar-refractivity contribution in [2.45, 2.75) is 45.4 Å². The quantitative estimate of drug-likeness (QED) is 0.798. The number of carbonyl (C=O) groups is 1. The molecule has 0 bridgehead atoms. The minimum atomic E-state index is -0.361. The Balaban J connectivity index is 1.61. The molecule has 2 aromatic rings. The van der Waals surface area contributed by atoms with Crippen molar-refractivity contribution in [3.8, 4) is 11.4 Å². The molecule has 2 heterocycles. The zero-order valence-electron chi connectivity index (χ0n) is 14.6. The summed E-state index contributed by atoms with van der Waals surface area (Å²) in [6, 6.07) is 6.40. The van der Waals surface area contributed by atoms with E-state index in [9.17, 15) is 9.18 Å². The number of unbranched alkanes of at least 4 members (excludes halogenated alkanes) is 1. The first-order chi connectivity index (χ1) is 12.2. The summed E-state index contributed by atoms with van der Waals surface area (Å²) in [5.41, 5.74) is 0.345. The Morgan fingerprint density at radius 2 is 2.24 bits per heavy atom. The fourth-order valence-electron chi connectivity index (χ4n) is 3.28. The molecule has 0 aliphatic carbocycles. The molecular weight excluding hydrogens is 321 g/mol. The Hall–Kier alpha value is -2.24. The van der Waals surface area contributed by atoms with Gasteiger partial charge in [0.15, 0.2) is 0 Å².